The second-order valence-electron chi connectivity index (χ2n) is 7.13. The Bertz CT molecular complexity index is 1010. The Balaban J connectivity index is 1.92. The minimum atomic E-state index is -0.827. The normalized spacial score (nSPS) is 10.9. The molecule has 0 fully saturated rings. The molecule has 0 bridgehead atoms. The summed E-state index contributed by atoms with van der Waals surface area (Å²) in [6.45, 7) is 3.14. The average Bonchev–Trinajstić information content (AvgIpc) is 2.95. The topological polar surface area (TPSA) is 94.6 Å². The molecule has 0 unspecified atom stereocenters. The van der Waals surface area contributed by atoms with Gasteiger partial charge in [-0.3, -0.25) is 9.59 Å². The van der Waals surface area contributed by atoms with Crippen LogP contribution in [0.4, 0.5) is 0 Å². The van der Waals surface area contributed by atoms with Crippen molar-refractivity contribution < 1.29 is 19.4 Å². The molecule has 3 aromatic rings. The Morgan fingerprint density at radius 2 is 1.86 bits per heavy atom. The van der Waals surface area contributed by atoms with E-state index in [0.717, 1.165) is 28.7 Å². The van der Waals surface area contributed by atoms with E-state index in [1.807, 2.05) is 36.4 Å². The molecule has 1 aromatic heterocycles. The third-order valence-corrected chi connectivity index (χ3v) is 5.03. The quantitative estimate of drug-likeness (QED) is 0.513. The molecule has 3 N–H and O–H groups in total. The number of nitrogens with zero attached hydrogens (tertiary/aromatic N) is 1. The lowest BCUT2D eigenvalue weighted by Gasteiger charge is -2.10. The minimum absolute atomic E-state index is 0.0820. The molecule has 0 spiro atoms. The maximum Gasteiger partial charge on any atom is 0.303 e. The van der Waals surface area contributed by atoms with Gasteiger partial charge in [0, 0.05) is 36.0 Å². The van der Waals surface area contributed by atoms with Crippen molar-refractivity contribution in [2.75, 3.05) is 6.61 Å². The molecule has 0 aliphatic heterocycles. The number of ether oxygens (including phenoxy) is 1. The molecule has 0 aliphatic carbocycles. The number of nitrogens with two attached hydrogens (primary N) is 1. The fourth-order valence-corrected chi connectivity index (χ4v) is 3.57. The van der Waals surface area contributed by atoms with Crippen LogP contribution in [0.25, 0.3) is 10.9 Å². The van der Waals surface area contributed by atoms with E-state index >= 15 is 0 Å². The van der Waals surface area contributed by atoms with Crippen LogP contribution in [0.2, 0.25) is 0 Å². The zero-order valence-corrected chi connectivity index (χ0v) is 16.6. The van der Waals surface area contributed by atoms with Gasteiger partial charge in [0.05, 0.1) is 6.61 Å². The lowest BCUT2D eigenvalue weighted by molar-refractivity contribution is -0.137. The third kappa shape index (κ3) is 5.16. The Hall–Kier alpha value is -3.28. The molecule has 1 heterocycles. The number of fused-ring (bicyclic) bond motifs is 1. The summed E-state index contributed by atoms with van der Waals surface area (Å²) in [5.74, 6) is -0.457. The highest BCUT2D eigenvalue weighted by atomic mass is 16.5. The van der Waals surface area contributed by atoms with Gasteiger partial charge in [0.1, 0.15) is 5.75 Å². The van der Waals surface area contributed by atoms with Crippen molar-refractivity contribution >= 4 is 22.8 Å². The van der Waals surface area contributed by atoms with Crippen molar-refractivity contribution in [3.8, 4) is 5.75 Å². The Kier molecular flexibility index (Phi) is 6.54. The lowest BCUT2D eigenvalue weighted by atomic mass is 10.1. The van der Waals surface area contributed by atoms with E-state index in [1.165, 1.54) is 5.56 Å². The summed E-state index contributed by atoms with van der Waals surface area (Å²) in [6.07, 6.45) is 1.39. The highest BCUT2D eigenvalue weighted by Gasteiger charge is 2.16. The number of carbonyl (C=O) groups excluding carboxylic acids is 1. The number of carboxylic acids is 1. The van der Waals surface area contributed by atoms with Crippen molar-refractivity contribution in [3.05, 3.63) is 65.4 Å². The number of aliphatic carboxylic acids is 1. The van der Waals surface area contributed by atoms with E-state index in [0.29, 0.717) is 25.2 Å². The number of rotatable bonds is 10. The number of benzene rings is 2. The van der Waals surface area contributed by atoms with Crippen molar-refractivity contribution in [3.63, 3.8) is 0 Å². The molecule has 3 rings (SSSR count). The van der Waals surface area contributed by atoms with Gasteiger partial charge >= 0.3 is 5.97 Å². The van der Waals surface area contributed by atoms with Gasteiger partial charge in [0.2, 0.25) is 5.91 Å². The summed E-state index contributed by atoms with van der Waals surface area (Å²) in [6, 6.07) is 16.1. The summed E-state index contributed by atoms with van der Waals surface area (Å²) in [4.78, 5) is 22.0. The maximum absolute atomic E-state index is 11.4. The second-order valence-corrected chi connectivity index (χ2v) is 7.13. The van der Waals surface area contributed by atoms with E-state index in [-0.39, 0.29) is 18.7 Å². The zero-order chi connectivity index (χ0) is 20.8. The number of primary amides is 1. The summed E-state index contributed by atoms with van der Waals surface area (Å²) in [5.41, 5.74) is 9.85. The van der Waals surface area contributed by atoms with Crippen LogP contribution in [0.3, 0.4) is 0 Å². The summed E-state index contributed by atoms with van der Waals surface area (Å²) >= 11 is 0. The van der Waals surface area contributed by atoms with Gasteiger partial charge < -0.3 is 20.1 Å². The average molecular weight is 394 g/mol. The first-order chi connectivity index (χ1) is 14.0. The van der Waals surface area contributed by atoms with E-state index < -0.39 is 5.97 Å². The minimum Gasteiger partial charge on any atom is -0.494 e. The molecule has 0 saturated carbocycles. The largest absolute Gasteiger partial charge is 0.494 e. The highest BCUT2D eigenvalue weighted by Crippen LogP contribution is 2.31. The molecule has 152 valence electrons. The van der Waals surface area contributed by atoms with E-state index in [9.17, 15) is 9.59 Å². The van der Waals surface area contributed by atoms with E-state index in [4.69, 9.17) is 15.6 Å². The van der Waals surface area contributed by atoms with Crippen LogP contribution in [0.1, 0.15) is 36.1 Å². The van der Waals surface area contributed by atoms with Crippen LogP contribution in [0.15, 0.2) is 48.5 Å². The number of hydrogen-bond donors (Lipinski definition) is 2. The Morgan fingerprint density at radius 1 is 1.10 bits per heavy atom. The number of aryl methyl sites for hydroxylation is 1. The van der Waals surface area contributed by atoms with Crippen LogP contribution < -0.4 is 10.5 Å². The molecule has 0 atom stereocenters. The van der Waals surface area contributed by atoms with Crippen LogP contribution in [-0.2, 0) is 22.6 Å². The molecule has 29 heavy (non-hydrogen) atoms. The first kappa shape index (κ1) is 20.5. The fraction of sp³-hybridized carbons (Fsp3) is 0.304. The molecule has 2 aromatic carbocycles. The molecule has 6 nitrogen and oxygen atoms in total. The summed E-state index contributed by atoms with van der Waals surface area (Å²) in [7, 11) is 0. The predicted molar refractivity (Wildman–Crippen MR) is 112 cm³/mol. The maximum atomic E-state index is 11.4. The van der Waals surface area contributed by atoms with Gasteiger partial charge in [-0.2, -0.15) is 0 Å². The number of hydrogen-bond acceptors (Lipinski definition) is 3. The monoisotopic (exact) mass is 394 g/mol. The van der Waals surface area contributed by atoms with Gasteiger partial charge in [-0.25, -0.2) is 0 Å². The number of carbonyl (C=O) groups is 2. The van der Waals surface area contributed by atoms with Crippen molar-refractivity contribution in [1.82, 2.24) is 4.57 Å². The first-order valence-corrected chi connectivity index (χ1v) is 9.74. The Labute approximate surface area is 169 Å². The lowest BCUT2D eigenvalue weighted by Crippen LogP contribution is -2.11. The third-order valence-electron chi connectivity index (χ3n) is 5.03. The number of amides is 1. The van der Waals surface area contributed by atoms with Crippen LogP contribution in [0.5, 0.6) is 5.75 Å². The van der Waals surface area contributed by atoms with Gasteiger partial charge in [0.25, 0.3) is 0 Å². The highest BCUT2D eigenvalue weighted by molar-refractivity contribution is 5.87. The standard InChI is InChI=1S/C23H26N2O4/c1-16-19(10-12-22(24)26)20-14-18(29-13-5-8-23(27)28)9-11-21(20)25(16)15-17-6-3-2-4-7-17/h2-4,6-7,9,11,14H,5,8,10,12-13,15H2,1H3,(H2,24,26)(H,27,28). The SMILES string of the molecule is Cc1c(CCC(N)=O)c2cc(OCCCC(=O)O)ccc2n1Cc1ccccc1. The van der Waals surface area contributed by atoms with Crippen LogP contribution >= 0.6 is 0 Å². The van der Waals surface area contributed by atoms with Gasteiger partial charge in [-0.1, -0.05) is 30.3 Å². The molecule has 0 radical (unpaired) electrons. The molecule has 1 amide bonds. The number of aromatic nitrogens is 1. The molecule has 0 aliphatic rings. The molecule has 6 heteroatoms. The summed E-state index contributed by atoms with van der Waals surface area (Å²) < 4.78 is 7.99. The Morgan fingerprint density at radius 3 is 2.55 bits per heavy atom. The molecular formula is C23H26N2O4. The predicted octanol–water partition coefficient (Wildman–Crippen LogP) is 3.66. The first-order valence-electron chi connectivity index (χ1n) is 9.74. The van der Waals surface area contributed by atoms with Crippen LogP contribution in [-0.4, -0.2) is 28.2 Å². The van der Waals surface area contributed by atoms with Gasteiger partial charge in [-0.15, -0.1) is 0 Å². The van der Waals surface area contributed by atoms with Crippen LogP contribution in [0, 0.1) is 6.92 Å². The van der Waals surface area contributed by atoms with Crippen molar-refractivity contribution in [2.24, 2.45) is 5.73 Å². The van der Waals surface area contributed by atoms with Gasteiger partial charge in [0.15, 0.2) is 0 Å². The van der Waals surface area contributed by atoms with Gasteiger partial charge in [-0.05, 0) is 49.1 Å². The second kappa shape index (κ2) is 9.28. The van der Waals surface area contributed by atoms with Crippen molar-refractivity contribution in [2.45, 2.75) is 39.2 Å². The number of carboxylic acid groups (broad SMARTS) is 1. The smallest absolute Gasteiger partial charge is 0.303 e. The molecular weight excluding hydrogens is 368 g/mol. The fourth-order valence-electron chi connectivity index (χ4n) is 3.57. The molecule has 0 saturated heterocycles. The van der Waals surface area contributed by atoms with E-state index in [2.05, 4.69) is 23.6 Å². The van der Waals surface area contributed by atoms with Crippen molar-refractivity contribution in [1.29, 1.82) is 0 Å². The zero-order valence-electron chi connectivity index (χ0n) is 16.6. The van der Waals surface area contributed by atoms with E-state index in [1.54, 1.807) is 0 Å². The summed E-state index contributed by atoms with van der Waals surface area (Å²) in [5, 5.41) is 9.79.